The van der Waals surface area contributed by atoms with Gasteiger partial charge < -0.3 is 5.73 Å². The van der Waals surface area contributed by atoms with Crippen molar-refractivity contribution in [3.63, 3.8) is 0 Å². The molecule has 2 amide bonds. The Morgan fingerprint density at radius 3 is 2.07 bits per heavy atom. The third-order valence-corrected chi connectivity index (χ3v) is 5.86. The minimum atomic E-state index is -3.48. The number of fused-ring (bicyclic) bond motifs is 1. The summed E-state index contributed by atoms with van der Waals surface area (Å²) >= 11 is 0. The van der Waals surface area contributed by atoms with Gasteiger partial charge in [0.15, 0.2) is 0 Å². The number of carbonyl (C=O) groups excluding carboxylic acids is 2. The zero-order valence-corrected chi connectivity index (χ0v) is 16.8. The van der Waals surface area contributed by atoms with Crippen LogP contribution in [-0.4, -0.2) is 44.0 Å². The fourth-order valence-electron chi connectivity index (χ4n) is 2.96. The van der Waals surface area contributed by atoms with Gasteiger partial charge in [-0.25, -0.2) is 13.1 Å². The van der Waals surface area contributed by atoms with Crippen molar-refractivity contribution < 1.29 is 18.0 Å². The Hall–Kier alpha value is -2.42. The number of anilines is 1. The normalized spacial score (nSPS) is 13.4. The third-order valence-electron chi connectivity index (χ3n) is 4.39. The summed E-state index contributed by atoms with van der Waals surface area (Å²) in [5.41, 5.74) is 7.99. The zero-order chi connectivity index (χ0) is 19.4. The molecule has 28 heavy (non-hydrogen) atoms. The highest BCUT2D eigenvalue weighted by molar-refractivity contribution is 7.89. The Morgan fingerprint density at radius 1 is 0.929 bits per heavy atom. The molecule has 0 spiro atoms. The number of halogens is 1. The second-order valence-electron chi connectivity index (χ2n) is 6.37. The minimum Gasteiger partial charge on any atom is -0.399 e. The van der Waals surface area contributed by atoms with Crippen molar-refractivity contribution in [2.75, 3.05) is 24.6 Å². The lowest BCUT2D eigenvalue weighted by Crippen LogP contribution is -2.34. The lowest BCUT2D eigenvalue weighted by atomic mass is 10.1. The van der Waals surface area contributed by atoms with Gasteiger partial charge in [0.05, 0.1) is 16.9 Å². The molecular formula is C19H22ClN3O4S. The fourth-order valence-corrected chi connectivity index (χ4v) is 4.03. The Bertz CT molecular complexity index is 926. The van der Waals surface area contributed by atoms with E-state index in [4.69, 9.17) is 5.73 Å². The zero-order valence-electron chi connectivity index (χ0n) is 15.1. The molecule has 0 aliphatic carbocycles. The van der Waals surface area contributed by atoms with Crippen LogP contribution in [0.25, 0.3) is 0 Å². The van der Waals surface area contributed by atoms with Gasteiger partial charge in [-0.1, -0.05) is 24.3 Å². The molecule has 7 nitrogen and oxygen atoms in total. The molecule has 0 saturated carbocycles. The predicted octanol–water partition coefficient (Wildman–Crippen LogP) is 1.84. The summed E-state index contributed by atoms with van der Waals surface area (Å²) < 4.78 is 26.8. The van der Waals surface area contributed by atoms with Gasteiger partial charge in [0.25, 0.3) is 11.8 Å². The summed E-state index contributed by atoms with van der Waals surface area (Å²) in [5, 5.41) is 0. The number of hydrogen-bond acceptors (Lipinski definition) is 5. The Balaban J connectivity index is 0.00000280. The van der Waals surface area contributed by atoms with E-state index in [1.54, 1.807) is 36.4 Å². The topological polar surface area (TPSA) is 110 Å². The number of amides is 2. The number of nitrogens with one attached hydrogen (secondary N) is 1. The fraction of sp³-hybridized carbons (Fsp3) is 0.263. The summed E-state index contributed by atoms with van der Waals surface area (Å²) in [6, 6.07) is 13.8. The van der Waals surface area contributed by atoms with E-state index in [2.05, 4.69) is 4.72 Å². The molecule has 0 aromatic heterocycles. The van der Waals surface area contributed by atoms with Crippen molar-refractivity contribution in [3.05, 3.63) is 65.2 Å². The van der Waals surface area contributed by atoms with Gasteiger partial charge >= 0.3 is 0 Å². The van der Waals surface area contributed by atoms with Crippen LogP contribution in [0.1, 0.15) is 32.7 Å². The molecule has 1 aliphatic rings. The number of hydrogen-bond donors (Lipinski definition) is 2. The number of rotatable bonds is 8. The first-order chi connectivity index (χ1) is 12.9. The first-order valence-electron chi connectivity index (χ1n) is 8.64. The summed E-state index contributed by atoms with van der Waals surface area (Å²) in [6.45, 7) is 0.352. The summed E-state index contributed by atoms with van der Waals surface area (Å²) in [4.78, 5) is 25.6. The van der Waals surface area contributed by atoms with Crippen molar-refractivity contribution in [2.45, 2.75) is 12.8 Å². The molecule has 0 bridgehead atoms. The maximum atomic E-state index is 12.2. The van der Waals surface area contributed by atoms with Gasteiger partial charge in [0.2, 0.25) is 10.0 Å². The van der Waals surface area contributed by atoms with Gasteiger partial charge in [-0.05, 0) is 42.7 Å². The molecule has 0 atom stereocenters. The minimum absolute atomic E-state index is 0. The van der Waals surface area contributed by atoms with Gasteiger partial charge in [-0.3, -0.25) is 14.5 Å². The highest BCUT2D eigenvalue weighted by atomic mass is 35.5. The largest absolute Gasteiger partial charge is 0.399 e. The van der Waals surface area contributed by atoms with Crippen molar-refractivity contribution in [1.82, 2.24) is 9.62 Å². The SMILES string of the molecule is Cl.Nc1ccc(CCNS(=O)(=O)CCCN2C(=O)c3ccccc3C2=O)cc1. The number of nitrogens with zero attached hydrogens (tertiary/aromatic N) is 1. The van der Waals surface area contributed by atoms with E-state index in [9.17, 15) is 18.0 Å². The molecule has 3 rings (SSSR count). The van der Waals surface area contributed by atoms with E-state index < -0.39 is 10.0 Å². The standard InChI is InChI=1S/C19H21N3O4S.ClH/c20-15-8-6-14(7-9-15)10-11-21-27(25,26)13-3-12-22-18(23)16-4-1-2-5-17(16)19(22)24;/h1-2,4-9,21H,3,10-13,20H2;1H. The van der Waals surface area contributed by atoms with Gasteiger partial charge in [0.1, 0.15) is 0 Å². The molecule has 9 heteroatoms. The van der Waals surface area contributed by atoms with E-state index in [-0.39, 0.29) is 49.5 Å². The molecule has 1 heterocycles. The first-order valence-corrected chi connectivity index (χ1v) is 10.3. The molecule has 0 saturated heterocycles. The average Bonchev–Trinajstić information content (AvgIpc) is 2.88. The van der Waals surface area contributed by atoms with Gasteiger partial charge in [-0.2, -0.15) is 0 Å². The number of sulfonamides is 1. The summed E-state index contributed by atoms with van der Waals surface area (Å²) in [7, 11) is -3.48. The molecule has 3 N–H and O–H groups in total. The summed E-state index contributed by atoms with van der Waals surface area (Å²) in [6.07, 6.45) is 0.737. The Morgan fingerprint density at radius 2 is 1.50 bits per heavy atom. The van der Waals surface area contributed by atoms with Crippen LogP contribution < -0.4 is 10.5 Å². The van der Waals surface area contributed by atoms with Crippen molar-refractivity contribution in [3.8, 4) is 0 Å². The number of carbonyl (C=O) groups is 2. The highest BCUT2D eigenvalue weighted by Gasteiger charge is 2.34. The van der Waals surface area contributed by atoms with E-state index in [1.807, 2.05) is 12.1 Å². The lowest BCUT2D eigenvalue weighted by molar-refractivity contribution is 0.0654. The van der Waals surface area contributed by atoms with Gasteiger partial charge in [-0.15, -0.1) is 12.4 Å². The Labute approximate surface area is 170 Å². The first kappa shape index (κ1) is 21.9. The van der Waals surface area contributed by atoms with E-state index in [1.165, 1.54) is 0 Å². The van der Waals surface area contributed by atoms with Crippen molar-refractivity contribution in [1.29, 1.82) is 0 Å². The molecule has 2 aromatic rings. The Kier molecular flexibility index (Phi) is 7.17. The lowest BCUT2D eigenvalue weighted by Gasteiger charge is -2.14. The highest BCUT2D eigenvalue weighted by Crippen LogP contribution is 2.22. The maximum Gasteiger partial charge on any atom is 0.261 e. The van der Waals surface area contributed by atoms with E-state index in [0.29, 0.717) is 23.2 Å². The number of benzene rings is 2. The number of nitrogens with two attached hydrogens (primary N) is 1. The molecule has 0 fully saturated rings. The average molecular weight is 424 g/mol. The van der Waals surface area contributed by atoms with Crippen LogP contribution in [0.4, 0.5) is 5.69 Å². The molecule has 2 aromatic carbocycles. The molecule has 1 aliphatic heterocycles. The van der Waals surface area contributed by atoms with Crippen LogP contribution in [0.2, 0.25) is 0 Å². The van der Waals surface area contributed by atoms with Crippen LogP contribution in [0, 0.1) is 0 Å². The molecule has 0 unspecified atom stereocenters. The van der Waals surface area contributed by atoms with Crippen LogP contribution >= 0.6 is 12.4 Å². The second kappa shape index (κ2) is 9.18. The number of imide groups is 1. The summed E-state index contributed by atoms with van der Waals surface area (Å²) in [5.74, 6) is -0.893. The smallest absolute Gasteiger partial charge is 0.261 e. The quantitative estimate of drug-likeness (QED) is 0.497. The maximum absolute atomic E-state index is 12.2. The molecular weight excluding hydrogens is 402 g/mol. The third kappa shape index (κ3) is 5.09. The van der Waals surface area contributed by atoms with E-state index in [0.717, 1.165) is 10.5 Å². The van der Waals surface area contributed by atoms with Crippen LogP contribution in [0.3, 0.4) is 0 Å². The monoisotopic (exact) mass is 423 g/mol. The van der Waals surface area contributed by atoms with E-state index >= 15 is 0 Å². The van der Waals surface area contributed by atoms with Crippen molar-refractivity contribution >= 4 is 39.9 Å². The van der Waals surface area contributed by atoms with Crippen LogP contribution in [0.5, 0.6) is 0 Å². The predicted molar refractivity (Wildman–Crippen MR) is 110 cm³/mol. The molecule has 0 radical (unpaired) electrons. The van der Waals surface area contributed by atoms with Gasteiger partial charge in [0, 0.05) is 18.8 Å². The van der Waals surface area contributed by atoms with Crippen molar-refractivity contribution in [2.24, 2.45) is 0 Å². The van der Waals surface area contributed by atoms with Crippen LogP contribution in [0.15, 0.2) is 48.5 Å². The second-order valence-corrected chi connectivity index (χ2v) is 8.29. The molecule has 150 valence electrons. The number of nitrogen functional groups attached to an aromatic ring is 1. The van der Waals surface area contributed by atoms with Crippen LogP contribution in [-0.2, 0) is 16.4 Å².